The molecular weight excluding hydrogens is 164 g/mol. The predicted octanol–water partition coefficient (Wildman–Crippen LogP) is 2.84. The molecule has 0 aliphatic heterocycles. The maximum Gasteiger partial charge on any atom is 0.132 e. The molecule has 13 heavy (non-hydrogen) atoms. The Kier molecular flexibility index (Phi) is 3.53. The molecule has 0 fully saturated rings. The molecule has 0 aromatic carbocycles. The van der Waals surface area contributed by atoms with Gasteiger partial charge < -0.3 is 9.52 Å². The first kappa shape index (κ1) is 9.81. The number of hydrogen-bond donors (Lipinski definition) is 1. The van der Waals surface area contributed by atoms with Crippen molar-refractivity contribution in [2.75, 3.05) is 0 Å². The maximum atomic E-state index is 9.58. The summed E-state index contributed by atoms with van der Waals surface area (Å²) in [7, 11) is 0. The highest BCUT2D eigenvalue weighted by Gasteiger charge is 2.09. The Labute approximate surface area is 78.2 Å². The van der Waals surface area contributed by atoms with Gasteiger partial charge in [0.2, 0.25) is 0 Å². The summed E-state index contributed by atoms with van der Waals surface area (Å²) in [6, 6.07) is 3.53. The topological polar surface area (TPSA) is 33.4 Å². The molecule has 0 radical (unpaired) electrons. The third kappa shape index (κ3) is 2.92. The van der Waals surface area contributed by atoms with Crippen molar-refractivity contribution in [3.05, 3.63) is 49.0 Å². The Morgan fingerprint density at radius 3 is 3.00 bits per heavy atom. The van der Waals surface area contributed by atoms with Gasteiger partial charge in [-0.15, -0.1) is 0 Å². The smallest absolute Gasteiger partial charge is 0.132 e. The number of hydrogen-bond acceptors (Lipinski definition) is 2. The lowest BCUT2D eigenvalue weighted by Gasteiger charge is -2.06. The van der Waals surface area contributed by atoms with Crippen LogP contribution in [0.15, 0.2) is 47.6 Å². The molecule has 0 amide bonds. The number of aliphatic hydroxyl groups is 1. The molecule has 1 atom stereocenters. The summed E-state index contributed by atoms with van der Waals surface area (Å²) >= 11 is 0. The number of allylic oxidation sites excluding steroid dienone is 2. The molecule has 0 saturated carbocycles. The van der Waals surface area contributed by atoms with E-state index in [9.17, 15) is 5.11 Å². The average molecular weight is 178 g/mol. The number of furan rings is 1. The summed E-state index contributed by atoms with van der Waals surface area (Å²) in [6.07, 6.45) is 4.09. The molecule has 1 aromatic rings. The number of aliphatic hydroxyl groups excluding tert-OH is 1. The van der Waals surface area contributed by atoms with Crippen LogP contribution in [0.5, 0.6) is 0 Å². The van der Waals surface area contributed by atoms with Gasteiger partial charge in [0.25, 0.3) is 0 Å². The molecule has 0 aliphatic carbocycles. The van der Waals surface area contributed by atoms with Gasteiger partial charge in [-0.25, -0.2) is 0 Å². The van der Waals surface area contributed by atoms with E-state index in [4.69, 9.17) is 4.42 Å². The van der Waals surface area contributed by atoms with Gasteiger partial charge in [-0.05, 0) is 25.0 Å². The second-order valence-corrected chi connectivity index (χ2v) is 2.93. The third-order valence-electron chi connectivity index (χ3n) is 1.90. The minimum Gasteiger partial charge on any atom is -0.467 e. The van der Waals surface area contributed by atoms with E-state index < -0.39 is 6.10 Å². The molecule has 1 rings (SSSR count). The summed E-state index contributed by atoms with van der Waals surface area (Å²) in [5.41, 5.74) is 0.936. The fourth-order valence-corrected chi connectivity index (χ4v) is 1.05. The Morgan fingerprint density at radius 2 is 2.46 bits per heavy atom. The van der Waals surface area contributed by atoms with Gasteiger partial charge in [-0.1, -0.05) is 24.8 Å². The third-order valence-corrected chi connectivity index (χ3v) is 1.90. The standard InChI is InChI=1S/C11H14O2/c1-3-9(2)6-7-10(12)11-5-4-8-13-11/h3-5,8,10,12H,1-2,6-7H2. The van der Waals surface area contributed by atoms with Crippen LogP contribution in [0.4, 0.5) is 0 Å². The van der Waals surface area contributed by atoms with Gasteiger partial charge in [0, 0.05) is 0 Å². The van der Waals surface area contributed by atoms with Gasteiger partial charge in [0.05, 0.1) is 6.26 Å². The van der Waals surface area contributed by atoms with E-state index in [-0.39, 0.29) is 0 Å². The van der Waals surface area contributed by atoms with Crippen molar-refractivity contribution >= 4 is 0 Å². The largest absolute Gasteiger partial charge is 0.467 e. The van der Waals surface area contributed by atoms with Gasteiger partial charge in [-0.3, -0.25) is 0 Å². The summed E-state index contributed by atoms with van der Waals surface area (Å²) in [4.78, 5) is 0. The van der Waals surface area contributed by atoms with Gasteiger partial charge in [-0.2, -0.15) is 0 Å². The van der Waals surface area contributed by atoms with Gasteiger partial charge in [0.1, 0.15) is 11.9 Å². The van der Waals surface area contributed by atoms with E-state index >= 15 is 0 Å². The molecule has 1 heterocycles. The van der Waals surface area contributed by atoms with Crippen LogP contribution in [-0.2, 0) is 0 Å². The summed E-state index contributed by atoms with van der Waals surface area (Å²) in [5.74, 6) is 0.608. The zero-order valence-corrected chi connectivity index (χ0v) is 7.57. The lowest BCUT2D eigenvalue weighted by Crippen LogP contribution is -1.95. The quantitative estimate of drug-likeness (QED) is 0.703. The SMILES string of the molecule is C=CC(=C)CCC(O)c1ccco1. The van der Waals surface area contributed by atoms with Crippen LogP contribution in [0.2, 0.25) is 0 Å². The lowest BCUT2D eigenvalue weighted by molar-refractivity contribution is 0.141. The molecule has 2 heteroatoms. The molecule has 1 aromatic heterocycles. The molecule has 2 nitrogen and oxygen atoms in total. The van der Waals surface area contributed by atoms with Crippen molar-refractivity contribution in [1.82, 2.24) is 0 Å². The van der Waals surface area contributed by atoms with E-state index in [0.717, 1.165) is 12.0 Å². The van der Waals surface area contributed by atoms with Crippen LogP contribution in [0.1, 0.15) is 24.7 Å². The summed E-state index contributed by atoms with van der Waals surface area (Å²) in [5, 5.41) is 9.58. The van der Waals surface area contributed by atoms with Gasteiger partial charge >= 0.3 is 0 Å². The summed E-state index contributed by atoms with van der Waals surface area (Å²) in [6.45, 7) is 7.36. The molecule has 0 spiro atoms. The van der Waals surface area contributed by atoms with E-state index in [1.54, 1.807) is 24.5 Å². The van der Waals surface area contributed by atoms with Crippen LogP contribution < -0.4 is 0 Å². The second-order valence-electron chi connectivity index (χ2n) is 2.93. The van der Waals surface area contributed by atoms with Crippen molar-refractivity contribution < 1.29 is 9.52 Å². The molecule has 1 unspecified atom stereocenters. The van der Waals surface area contributed by atoms with Crippen molar-refractivity contribution in [1.29, 1.82) is 0 Å². The van der Waals surface area contributed by atoms with Crippen LogP contribution in [-0.4, -0.2) is 5.11 Å². The normalized spacial score (nSPS) is 12.4. The Bertz CT molecular complexity index is 272. The van der Waals surface area contributed by atoms with Gasteiger partial charge in [0.15, 0.2) is 0 Å². The first-order chi connectivity index (χ1) is 6.24. The first-order valence-electron chi connectivity index (χ1n) is 4.25. The Hall–Kier alpha value is -1.28. The maximum absolute atomic E-state index is 9.58. The van der Waals surface area contributed by atoms with Crippen LogP contribution >= 0.6 is 0 Å². The van der Waals surface area contributed by atoms with E-state index in [2.05, 4.69) is 13.2 Å². The Morgan fingerprint density at radius 1 is 1.69 bits per heavy atom. The highest BCUT2D eigenvalue weighted by Crippen LogP contribution is 2.20. The summed E-state index contributed by atoms with van der Waals surface area (Å²) < 4.78 is 5.06. The Balaban J connectivity index is 2.38. The second kappa shape index (κ2) is 4.67. The van der Waals surface area contributed by atoms with Crippen molar-refractivity contribution in [3.8, 4) is 0 Å². The molecular formula is C11H14O2. The van der Waals surface area contributed by atoms with Crippen LogP contribution in [0.25, 0.3) is 0 Å². The fourth-order valence-electron chi connectivity index (χ4n) is 1.05. The van der Waals surface area contributed by atoms with Crippen molar-refractivity contribution in [2.24, 2.45) is 0 Å². The first-order valence-corrected chi connectivity index (χ1v) is 4.25. The predicted molar refractivity (Wildman–Crippen MR) is 52.2 cm³/mol. The molecule has 70 valence electrons. The van der Waals surface area contributed by atoms with Crippen molar-refractivity contribution in [2.45, 2.75) is 18.9 Å². The van der Waals surface area contributed by atoms with Crippen LogP contribution in [0.3, 0.4) is 0 Å². The van der Waals surface area contributed by atoms with E-state index in [1.807, 2.05) is 0 Å². The van der Waals surface area contributed by atoms with Crippen LogP contribution in [0, 0.1) is 0 Å². The molecule has 0 saturated heterocycles. The monoisotopic (exact) mass is 178 g/mol. The average Bonchev–Trinajstić information content (AvgIpc) is 2.66. The fraction of sp³-hybridized carbons (Fsp3) is 0.273. The highest BCUT2D eigenvalue weighted by atomic mass is 16.4. The van der Waals surface area contributed by atoms with E-state index in [1.165, 1.54) is 0 Å². The lowest BCUT2D eigenvalue weighted by atomic mass is 10.1. The number of rotatable bonds is 5. The zero-order chi connectivity index (χ0) is 9.68. The zero-order valence-electron chi connectivity index (χ0n) is 7.57. The molecule has 0 bridgehead atoms. The highest BCUT2D eigenvalue weighted by molar-refractivity contribution is 5.11. The van der Waals surface area contributed by atoms with Crippen molar-refractivity contribution in [3.63, 3.8) is 0 Å². The molecule has 1 N–H and O–H groups in total. The minimum absolute atomic E-state index is 0.535. The van der Waals surface area contributed by atoms with E-state index in [0.29, 0.717) is 12.2 Å². The minimum atomic E-state index is -0.535. The molecule has 0 aliphatic rings.